The van der Waals surface area contributed by atoms with Crippen LogP contribution in [-0.2, 0) is 10.2 Å². The number of benzene rings is 1. The minimum absolute atomic E-state index is 0.140. The van der Waals surface area contributed by atoms with Crippen molar-refractivity contribution in [3.63, 3.8) is 0 Å². The highest BCUT2D eigenvalue weighted by Crippen LogP contribution is 2.23. The minimum Gasteiger partial charge on any atom is -0.395 e. The van der Waals surface area contributed by atoms with E-state index in [2.05, 4.69) is 4.72 Å². The van der Waals surface area contributed by atoms with Gasteiger partial charge in [0, 0.05) is 32.4 Å². The molecule has 7 heteroatoms. The lowest BCUT2D eigenvalue weighted by atomic mass is 10.1. The smallest absolute Gasteiger partial charge is 0.301 e. The highest BCUT2D eigenvalue weighted by atomic mass is 32.2. The van der Waals surface area contributed by atoms with Crippen LogP contribution in [0.5, 0.6) is 0 Å². The number of nitrogens with zero attached hydrogens (tertiary/aromatic N) is 2. The summed E-state index contributed by atoms with van der Waals surface area (Å²) in [6.45, 7) is 0.312. The van der Waals surface area contributed by atoms with Crippen molar-refractivity contribution < 1.29 is 13.5 Å². The summed E-state index contributed by atoms with van der Waals surface area (Å²) in [4.78, 5) is 1.91. The van der Waals surface area contributed by atoms with E-state index in [4.69, 9.17) is 0 Å². The van der Waals surface area contributed by atoms with E-state index in [1.165, 1.54) is 4.31 Å². The molecule has 0 saturated carbocycles. The number of piperidine rings is 1. The monoisotopic (exact) mass is 313 g/mol. The van der Waals surface area contributed by atoms with E-state index in [1.807, 2.05) is 31.1 Å². The lowest BCUT2D eigenvalue weighted by Crippen LogP contribution is -2.47. The van der Waals surface area contributed by atoms with E-state index in [0.29, 0.717) is 18.7 Å². The predicted molar refractivity (Wildman–Crippen MR) is 84.7 cm³/mol. The SMILES string of the molecule is CN(C)c1cccc(NS(=O)(=O)N2CCCCC2CO)c1. The zero-order chi connectivity index (χ0) is 15.5. The topological polar surface area (TPSA) is 72.9 Å². The molecule has 0 aromatic heterocycles. The number of hydrogen-bond donors (Lipinski definition) is 2. The van der Waals surface area contributed by atoms with E-state index >= 15 is 0 Å². The van der Waals surface area contributed by atoms with Crippen LogP contribution in [-0.4, -0.2) is 51.1 Å². The van der Waals surface area contributed by atoms with Gasteiger partial charge in [0.2, 0.25) is 0 Å². The Morgan fingerprint density at radius 2 is 2.14 bits per heavy atom. The summed E-state index contributed by atoms with van der Waals surface area (Å²) in [7, 11) is 0.170. The molecule has 1 heterocycles. The van der Waals surface area contributed by atoms with Crippen molar-refractivity contribution in [1.29, 1.82) is 0 Å². The molecule has 2 rings (SSSR count). The quantitative estimate of drug-likeness (QED) is 0.858. The fourth-order valence-electron chi connectivity index (χ4n) is 2.53. The van der Waals surface area contributed by atoms with Gasteiger partial charge in [-0.2, -0.15) is 12.7 Å². The number of aliphatic hydroxyl groups is 1. The van der Waals surface area contributed by atoms with Gasteiger partial charge in [-0.3, -0.25) is 4.72 Å². The molecule has 0 bridgehead atoms. The minimum atomic E-state index is -3.64. The van der Waals surface area contributed by atoms with Crippen molar-refractivity contribution in [3.8, 4) is 0 Å². The Hall–Kier alpha value is -1.31. The first-order chi connectivity index (χ1) is 9.94. The molecule has 1 aromatic rings. The third-order valence-corrected chi connectivity index (χ3v) is 5.29. The van der Waals surface area contributed by atoms with Gasteiger partial charge in [-0.15, -0.1) is 0 Å². The molecule has 1 fully saturated rings. The summed E-state index contributed by atoms with van der Waals surface area (Å²) in [5.41, 5.74) is 1.45. The van der Waals surface area contributed by atoms with Crippen LogP contribution in [0.4, 0.5) is 11.4 Å². The van der Waals surface area contributed by atoms with E-state index in [0.717, 1.165) is 18.5 Å². The Morgan fingerprint density at radius 3 is 2.81 bits per heavy atom. The molecule has 118 valence electrons. The maximum Gasteiger partial charge on any atom is 0.301 e. The highest BCUT2D eigenvalue weighted by Gasteiger charge is 2.31. The van der Waals surface area contributed by atoms with E-state index in [9.17, 15) is 13.5 Å². The second kappa shape index (κ2) is 6.64. The molecule has 0 radical (unpaired) electrons. The third-order valence-electron chi connectivity index (χ3n) is 3.70. The van der Waals surface area contributed by atoms with Gasteiger partial charge in [-0.05, 0) is 31.0 Å². The van der Waals surface area contributed by atoms with Gasteiger partial charge in [-0.25, -0.2) is 0 Å². The molecule has 6 nitrogen and oxygen atoms in total. The summed E-state index contributed by atoms with van der Waals surface area (Å²) in [5, 5.41) is 9.37. The summed E-state index contributed by atoms with van der Waals surface area (Å²) in [5.74, 6) is 0. The highest BCUT2D eigenvalue weighted by molar-refractivity contribution is 7.90. The van der Waals surface area contributed by atoms with Crippen molar-refractivity contribution in [3.05, 3.63) is 24.3 Å². The summed E-state index contributed by atoms with van der Waals surface area (Å²) in [6, 6.07) is 6.91. The molecule has 1 atom stereocenters. The van der Waals surface area contributed by atoms with Crippen LogP contribution < -0.4 is 9.62 Å². The molecule has 0 aliphatic carbocycles. The van der Waals surface area contributed by atoms with Crippen LogP contribution in [0.2, 0.25) is 0 Å². The van der Waals surface area contributed by atoms with Gasteiger partial charge < -0.3 is 10.0 Å². The number of anilines is 2. The molecular formula is C14H23N3O3S. The van der Waals surface area contributed by atoms with Crippen LogP contribution >= 0.6 is 0 Å². The van der Waals surface area contributed by atoms with Crippen LogP contribution in [0, 0.1) is 0 Å². The molecule has 0 amide bonds. The second-order valence-corrected chi connectivity index (χ2v) is 7.12. The predicted octanol–water partition coefficient (Wildman–Crippen LogP) is 1.26. The number of hydrogen-bond acceptors (Lipinski definition) is 4. The second-order valence-electron chi connectivity index (χ2n) is 5.49. The van der Waals surface area contributed by atoms with E-state index in [-0.39, 0.29) is 12.6 Å². The van der Waals surface area contributed by atoms with Gasteiger partial charge >= 0.3 is 10.2 Å². The van der Waals surface area contributed by atoms with Crippen molar-refractivity contribution in [1.82, 2.24) is 4.31 Å². The first-order valence-corrected chi connectivity index (χ1v) is 8.56. The van der Waals surface area contributed by atoms with Gasteiger partial charge in [0.15, 0.2) is 0 Å². The molecule has 1 unspecified atom stereocenters. The zero-order valence-electron chi connectivity index (χ0n) is 12.5. The standard InChI is InChI=1S/C14H23N3O3S/c1-16(2)13-8-5-6-12(10-13)15-21(19,20)17-9-4-3-7-14(17)11-18/h5-6,8,10,14-15,18H,3-4,7,9,11H2,1-2H3. The van der Waals surface area contributed by atoms with Gasteiger partial charge in [-0.1, -0.05) is 12.5 Å². The maximum absolute atomic E-state index is 12.5. The van der Waals surface area contributed by atoms with Crippen LogP contribution in [0.15, 0.2) is 24.3 Å². The zero-order valence-corrected chi connectivity index (χ0v) is 13.3. The van der Waals surface area contributed by atoms with Crippen molar-refractivity contribution in [2.45, 2.75) is 25.3 Å². The summed E-state index contributed by atoms with van der Waals surface area (Å²) < 4.78 is 29.0. The summed E-state index contributed by atoms with van der Waals surface area (Å²) in [6.07, 6.45) is 2.48. The number of nitrogens with one attached hydrogen (secondary N) is 1. The normalized spacial score (nSPS) is 20.2. The van der Waals surface area contributed by atoms with Crippen LogP contribution in [0.3, 0.4) is 0 Å². The first kappa shape index (κ1) is 16.1. The molecule has 1 aliphatic heterocycles. The first-order valence-electron chi connectivity index (χ1n) is 7.12. The Bertz CT molecular complexity index is 575. The van der Waals surface area contributed by atoms with E-state index in [1.54, 1.807) is 12.1 Å². The molecule has 1 saturated heterocycles. The number of aliphatic hydroxyl groups excluding tert-OH is 1. The van der Waals surface area contributed by atoms with Crippen molar-refractivity contribution >= 4 is 21.6 Å². The van der Waals surface area contributed by atoms with E-state index < -0.39 is 10.2 Å². The van der Waals surface area contributed by atoms with Gasteiger partial charge in [0.05, 0.1) is 12.3 Å². The maximum atomic E-state index is 12.5. The fraction of sp³-hybridized carbons (Fsp3) is 0.571. The van der Waals surface area contributed by atoms with Crippen LogP contribution in [0.25, 0.3) is 0 Å². The van der Waals surface area contributed by atoms with Gasteiger partial charge in [0.1, 0.15) is 0 Å². The molecular weight excluding hydrogens is 290 g/mol. The van der Waals surface area contributed by atoms with Crippen molar-refractivity contribution in [2.24, 2.45) is 0 Å². The third kappa shape index (κ3) is 3.87. The Kier molecular flexibility index (Phi) is 5.08. The van der Waals surface area contributed by atoms with Crippen LogP contribution in [0.1, 0.15) is 19.3 Å². The lowest BCUT2D eigenvalue weighted by Gasteiger charge is -2.33. The molecule has 21 heavy (non-hydrogen) atoms. The Morgan fingerprint density at radius 1 is 1.38 bits per heavy atom. The number of rotatable bonds is 5. The summed E-state index contributed by atoms with van der Waals surface area (Å²) >= 11 is 0. The Labute approximate surface area is 126 Å². The fourth-order valence-corrected chi connectivity index (χ4v) is 4.00. The van der Waals surface area contributed by atoms with Crippen molar-refractivity contribution in [2.75, 3.05) is 36.9 Å². The molecule has 0 spiro atoms. The molecule has 1 aromatic carbocycles. The Balaban J connectivity index is 2.18. The average Bonchev–Trinajstić information content (AvgIpc) is 2.47. The lowest BCUT2D eigenvalue weighted by molar-refractivity contribution is 0.156. The average molecular weight is 313 g/mol. The molecule has 1 aliphatic rings. The largest absolute Gasteiger partial charge is 0.395 e. The molecule has 2 N–H and O–H groups in total. The van der Waals surface area contributed by atoms with Gasteiger partial charge in [0.25, 0.3) is 0 Å².